The number of hydrogen-bond acceptors (Lipinski definition) is 3. The molecular weight excluding hydrogens is 333 g/mol. The van der Waals surface area contributed by atoms with Gasteiger partial charge in [-0.15, -0.1) is 0 Å². The summed E-state index contributed by atoms with van der Waals surface area (Å²) in [6.45, 7) is 4.48. The zero-order chi connectivity index (χ0) is 18.4. The molecule has 8 heteroatoms. The summed E-state index contributed by atoms with van der Waals surface area (Å²) in [6, 6.07) is 4.55. The first kappa shape index (κ1) is 19.5. The number of alkyl halides is 3. The number of para-hydroxylation sites is 1. The lowest BCUT2D eigenvalue weighted by molar-refractivity contribution is -0.136. The van der Waals surface area contributed by atoms with Crippen LogP contribution in [0.5, 0.6) is 0 Å². The van der Waals surface area contributed by atoms with Gasteiger partial charge in [0.25, 0.3) is 0 Å². The maximum absolute atomic E-state index is 13.0. The zero-order valence-electron chi connectivity index (χ0n) is 14.6. The van der Waals surface area contributed by atoms with Crippen molar-refractivity contribution in [1.82, 2.24) is 14.7 Å². The molecule has 1 aromatic carbocycles. The third kappa shape index (κ3) is 5.89. The highest BCUT2D eigenvalue weighted by Gasteiger charge is 2.34. The van der Waals surface area contributed by atoms with Gasteiger partial charge in [-0.1, -0.05) is 12.1 Å². The Morgan fingerprint density at radius 1 is 1.16 bits per heavy atom. The van der Waals surface area contributed by atoms with E-state index in [-0.39, 0.29) is 5.69 Å². The molecular formula is C17H25F3N4O. The van der Waals surface area contributed by atoms with Gasteiger partial charge in [-0.25, -0.2) is 4.79 Å². The van der Waals surface area contributed by atoms with Gasteiger partial charge in [0.15, 0.2) is 0 Å². The van der Waals surface area contributed by atoms with E-state index in [9.17, 15) is 18.0 Å². The summed E-state index contributed by atoms with van der Waals surface area (Å²) >= 11 is 0. The SMILES string of the molecule is CN(C)CCCN1CCN(C(=O)Nc2ccccc2C(F)(F)F)CC1. The fourth-order valence-corrected chi connectivity index (χ4v) is 2.82. The van der Waals surface area contributed by atoms with Crippen LogP contribution in [0.4, 0.5) is 23.7 Å². The number of carbonyl (C=O) groups is 1. The molecule has 0 radical (unpaired) electrons. The monoisotopic (exact) mass is 358 g/mol. The van der Waals surface area contributed by atoms with Gasteiger partial charge in [-0.2, -0.15) is 13.2 Å². The van der Waals surface area contributed by atoms with Gasteiger partial charge in [0.2, 0.25) is 0 Å². The number of amides is 2. The van der Waals surface area contributed by atoms with Crippen LogP contribution in [0.3, 0.4) is 0 Å². The second-order valence-electron chi connectivity index (χ2n) is 6.46. The largest absolute Gasteiger partial charge is 0.418 e. The number of urea groups is 1. The fraction of sp³-hybridized carbons (Fsp3) is 0.588. The predicted octanol–water partition coefficient (Wildman–Crippen LogP) is 2.81. The second kappa shape index (κ2) is 8.53. The lowest BCUT2D eigenvalue weighted by Gasteiger charge is -2.35. The summed E-state index contributed by atoms with van der Waals surface area (Å²) in [5.74, 6) is 0. The van der Waals surface area contributed by atoms with Crippen LogP contribution in [0.1, 0.15) is 12.0 Å². The summed E-state index contributed by atoms with van der Waals surface area (Å²) in [6.07, 6.45) is -3.44. The lowest BCUT2D eigenvalue weighted by atomic mass is 10.1. The molecule has 0 spiro atoms. The van der Waals surface area contributed by atoms with Crippen LogP contribution in [-0.2, 0) is 6.18 Å². The van der Waals surface area contributed by atoms with E-state index in [0.29, 0.717) is 13.1 Å². The number of halogens is 3. The molecule has 0 unspecified atom stereocenters. The molecule has 1 N–H and O–H groups in total. The summed E-state index contributed by atoms with van der Waals surface area (Å²) in [5, 5.41) is 2.40. The number of hydrogen-bond donors (Lipinski definition) is 1. The third-order valence-electron chi connectivity index (χ3n) is 4.21. The first-order valence-corrected chi connectivity index (χ1v) is 8.36. The number of benzene rings is 1. The predicted molar refractivity (Wildman–Crippen MR) is 91.6 cm³/mol. The third-order valence-corrected chi connectivity index (χ3v) is 4.21. The van der Waals surface area contributed by atoms with Crippen molar-refractivity contribution >= 4 is 11.7 Å². The van der Waals surface area contributed by atoms with E-state index in [2.05, 4.69) is 15.1 Å². The number of piperazine rings is 1. The molecule has 5 nitrogen and oxygen atoms in total. The number of carbonyl (C=O) groups excluding carboxylic acids is 1. The van der Waals surface area contributed by atoms with E-state index in [1.807, 2.05) is 14.1 Å². The van der Waals surface area contributed by atoms with E-state index < -0.39 is 17.8 Å². The Morgan fingerprint density at radius 3 is 2.40 bits per heavy atom. The van der Waals surface area contributed by atoms with E-state index >= 15 is 0 Å². The molecule has 0 bridgehead atoms. The topological polar surface area (TPSA) is 38.8 Å². The molecule has 0 aromatic heterocycles. The Bertz CT molecular complexity index is 569. The number of nitrogens with zero attached hydrogens (tertiary/aromatic N) is 3. The van der Waals surface area contributed by atoms with Crippen molar-refractivity contribution in [3.05, 3.63) is 29.8 Å². The van der Waals surface area contributed by atoms with Gasteiger partial charge in [0.1, 0.15) is 0 Å². The summed E-state index contributed by atoms with van der Waals surface area (Å²) in [5.41, 5.74) is -1.03. The first-order chi connectivity index (χ1) is 11.8. The maximum Gasteiger partial charge on any atom is 0.418 e. The van der Waals surface area contributed by atoms with Gasteiger partial charge in [-0.3, -0.25) is 4.90 Å². The highest BCUT2D eigenvalue weighted by molar-refractivity contribution is 5.90. The van der Waals surface area contributed by atoms with Crippen molar-refractivity contribution < 1.29 is 18.0 Å². The first-order valence-electron chi connectivity index (χ1n) is 8.36. The molecule has 1 aliphatic heterocycles. The molecule has 25 heavy (non-hydrogen) atoms. The lowest BCUT2D eigenvalue weighted by Crippen LogP contribution is -2.50. The minimum absolute atomic E-state index is 0.201. The fourth-order valence-electron chi connectivity index (χ4n) is 2.82. The van der Waals surface area contributed by atoms with Crippen molar-refractivity contribution in [1.29, 1.82) is 0 Å². The van der Waals surface area contributed by atoms with E-state index in [1.165, 1.54) is 18.2 Å². The smallest absolute Gasteiger partial charge is 0.322 e. The summed E-state index contributed by atoms with van der Waals surface area (Å²) in [7, 11) is 4.06. The Morgan fingerprint density at radius 2 is 1.80 bits per heavy atom. The molecule has 1 fully saturated rings. The van der Waals surface area contributed by atoms with E-state index in [1.54, 1.807) is 4.90 Å². The Hall–Kier alpha value is -1.80. The molecule has 1 heterocycles. The molecule has 0 saturated carbocycles. The summed E-state index contributed by atoms with van der Waals surface area (Å²) in [4.78, 5) is 18.2. The Balaban J connectivity index is 1.86. The molecule has 1 saturated heterocycles. The van der Waals surface area contributed by atoms with Gasteiger partial charge in [0.05, 0.1) is 11.3 Å². The molecule has 140 valence electrons. The van der Waals surface area contributed by atoms with Crippen molar-refractivity contribution in [2.45, 2.75) is 12.6 Å². The van der Waals surface area contributed by atoms with E-state index in [0.717, 1.165) is 38.7 Å². The normalized spacial score (nSPS) is 16.3. The maximum atomic E-state index is 13.0. The van der Waals surface area contributed by atoms with Crippen molar-refractivity contribution in [2.75, 3.05) is 58.7 Å². The minimum Gasteiger partial charge on any atom is -0.322 e. The molecule has 2 amide bonds. The van der Waals surface area contributed by atoms with Crippen LogP contribution < -0.4 is 5.32 Å². The Kier molecular flexibility index (Phi) is 6.66. The minimum atomic E-state index is -4.49. The average molecular weight is 358 g/mol. The quantitative estimate of drug-likeness (QED) is 0.880. The number of nitrogens with one attached hydrogen (secondary N) is 1. The van der Waals surface area contributed by atoms with E-state index in [4.69, 9.17) is 0 Å². The number of rotatable bonds is 5. The molecule has 0 atom stereocenters. The van der Waals surface area contributed by atoms with Crippen LogP contribution in [0.15, 0.2) is 24.3 Å². The van der Waals surface area contributed by atoms with Gasteiger partial charge in [-0.05, 0) is 45.7 Å². The van der Waals surface area contributed by atoms with Gasteiger partial charge in [0, 0.05) is 26.2 Å². The van der Waals surface area contributed by atoms with Crippen LogP contribution in [0, 0.1) is 0 Å². The molecule has 0 aliphatic carbocycles. The zero-order valence-corrected chi connectivity index (χ0v) is 14.6. The van der Waals surface area contributed by atoms with Gasteiger partial charge >= 0.3 is 12.2 Å². The second-order valence-corrected chi connectivity index (χ2v) is 6.46. The molecule has 2 rings (SSSR count). The van der Waals surface area contributed by atoms with Crippen LogP contribution in [0.2, 0.25) is 0 Å². The highest BCUT2D eigenvalue weighted by Crippen LogP contribution is 2.34. The van der Waals surface area contributed by atoms with Crippen LogP contribution in [-0.4, -0.2) is 74.1 Å². The summed E-state index contributed by atoms with van der Waals surface area (Å²) < 4.78 is 39.0. The molecule has 1 aliphatic rings. The van der Waals surface area contributed by atoms with Crippen LogP contribution >= 0.6 is 0 Å². The van der Waals surface area contributed by atoms with Crippen molar-refractivity contribution in [2.24, 2.45) is 0 Å². The van der Waals surface area contributed by atoms with Crippen LogP contribution in [0.25, 0.3) is 0 Å². The van der Waals surface area contributed by atoms with Crippen molar-refractivity contribution in [3.63, 3.8) is 0 Å². The Labute approximate surface area is 146 Å². The highest BCUT2D eigenvalue weighted by atomic mass is 19.4. The standard InChI is InChI=1S/C17H25F3N4O/c1-22(2)8-5-9-23-10-12-24(13-11-23)16(25)21-15-7-4-3-6-14(15)17(18,19)20/h3-4,6-7H,5,8-13H2,1-2H3,(H,21,25). The molecule has 1 aromatic rings. The van der Waals surface area contributed by atoms with Crippen molar-refractivity contribution in [3.8, 4) is 0 Å². The number of anilines is 1. The average Bonchev–Trinajstić information content (AvgIpc) is 2.54. The van der Waals surface area contributed by atoms with Gasteiger partial charge < -0.3 is 15.1 Å².